The van der Waals surface area contributed by atoms with Crippen molar-refractivity contribution in [3.63, 3.8) is 0 Å². The summed E-state index contributed by atoms with van der Waals surface area (Å²) >= 11 is 6.01. The molecule has 2 heterocycles. The number of ether oxygens (including phenoxy) is 1. The van der Waals surface area contributed by atoms with Crippen molar-refractivity contribution in [2.75, 3.05) is 11.4 Å². The van der Waals surface area contributed by atoms with Crippen LogP contribution in [-0.4, -0.2) is 28.2 Å². The number of halogens is 2. The van der Waals surface area contributed by atoms with Crippen LogP contribution in [0.2, 0.25) is 5.02 Å². The van der Waals surface area contributed by atoms with Gasteiger partial charge in [0.2, 0.25) is 0 Å². The molecule has 1 amide bonds. The third-order valence-electron chi connectivity index (χ3n) is 3.69. The Morgan fingerprint density at radius 3 is 2.68 bits per heavy atom. The number of carbonyl (C=O) groups is 1. The highest BCUT2D eigenvalue weighted by Gasteiger charge is 2.25. The zero-order chi connectivity index (χ0) is 18.4. The molecule has 5 nitrogen and oxygen atoms in total. The molecule has 0 spiro atoms. The number of pyridine rings is 1. The molecule has 0 fully saturated rings. The highest BCUT2D eigenvalue weighted by atomic mass is 35.5. The van der Waals surface area contributed by atoms with Crippen molar-refractivity contribution in [1.82, 2.24) is 9.97 Å². The van der Waals surface area contributed by atoms with Gasteiger partial charge in [-0.05, 0) is 45.9 Å². The van der Waals surface area contributed by atoms with Gasteiger partial charge >= 0.3 is 6.09 Å². The zero-order valence-electron chi connectivity index (χ0n) is 14.5. The maximum Gasteiger partial charge on any atom is 0.414 e. The van der Waals surface area contributed by atoms with Gasteiger partial charge in [0, 0.05) is 23.5 Å². The molecule has 7 heteroatoms. The molecular weight excluding hydrogens is 345 g/mol. The number of aromatic amines is 1. The minimum atomic E-state index is -0.646. The minimum Gasteiger partial charge on any atom is -0.443 e. The molecule has 3 aromatic rings. The summed E-state index contributed by atoms with van der Waals surface area (Å²) in [5, 5.41) is 1.77. The van der Waals surface area contributed by atoms with Crippen LogP contribution in [0.15, 0.2) is 24.4 Å². The Hall–Kier alpha value is -2.34. The zero-order valence-corrected chi connectivity index (χ0v) is 15.2. The molecule has 3 rings (SSSR count). The van der Waals surface area contributed by atoms with E-state index in [4.69, 9.17) is 16.3 Å². The molecule has 0 aliphatic carbocycles. The number of nitrogens with one attached hydrogen (secondary N) is 1. The Labute approximate surface area is 149 Å². The Balaban J connectivity index is 2.20. The quantitative estimate of drug-likeness (QED) is 0.674. The number of benzene rings is 1. The lowest BCUT2D eigenvalue weighted by molar-refractivity contribution is 0.0582. The van der Waals surface area contributed by atoms with Gasteiger partial charge in [-0.25, -0.2) is 14.2 Å². The lowest BCUT2D eigenvalue weighted by atomic mass is 10.1. The van der Waals surface area contributed by atoms with Crippen molar-refractivity contribution in [3.05, 3.63) is 35.2 Å². The third kappa shape index (κ3) is 3.39. The standard InChI is InChI=1S/C18H19ClFN3O2/c1-5-23(17(24)25-18(2,3)4)14-8-11(20)7-12-13-6-10(19)9-21-16(13)22-15(12)14/h6-9H,5H2,1-4H3,(H,21,22). The molecular formula is C18H19ClFN3O2. The fourth-order valence-corrected chi connectivity index (χ4v) is 2.88. The van der Waals surface area contributed by atoms with Gasteiger partial charge < -0.3 is 9.72 Å². The molecule has 1 N–H and O–H groups in total. The van der Waals surface area contributed by atoms with Crippen molar-refractivity contribution in [3.8, 4) is 0 Å². The topological polar surface area (TPSA) is 58.2 Å². The molecule has 1 aromatic carbocycles. The second kappa shape index (κ2) is 6.19. The third-order valence-corrected chi connectivity index (χ3v) is 3.90. The van der Waals surface area contributed by atoms with Crippen LogP contribution in [-0.2, 0) is 4.74 Å². The monoisotopic (exact) mass is 363 g/mol. The molecule has 0 saturated heterocycles. The van der Waals surface area contributed by atoms with E-state index in [1.165, 1.54) is 23.2 Å². The number of hydrogen-bond acceptors (Lipinski definition) is 3. The highest BCUT2D eigenvalue weighted by Crippen LogP contribution is 2.34. The van der Waals surface area contributed by atoms with Crippen molar-refractivity contribution in [2.24, 2.45) is 0 Å². The average molecular weight is 364 g/mol. The lowest BCUT2D eigenvalue weighted by Gasteiger charge is -2.27. The summed E-state index contributed by atoms with van der Waals surface area (Å²) in [6, 6.07) is 4.43. The van der Waals surface area contributed by atoms with Gasteiger partial charge in [0.15, 0.2) is 0 Å². The summed E-state index contributed by atoms with van der Waals surface area (Å²) in [4.78, 5) is 21.3. The van der Waals surface area contributed by atoms with E-state index in [1.807, 2.05) is 0 Å². The molecule has 0 atom stereocenters. The molecule has 0 radical (unpaired) electrons. The number of amides is 1. The summed E-state index contributed by atoms with van der Waals surface area (Å²) in [6.07, 6.45) is 0.979. The van der Waals surface area contributed by atoms with Gasteiger partial charge in [0.1, 0.15) is 17.1 Å². The van der Waals surface area contributed by atoms with Crippen molar-refractivity contribution in [2.45, 2.75) is 33.3 Å². The number of carbonyl (C=O) groups excluding carboxylic acids is 1. The number of H-pyrrole nitrogens is 1. The molecule has 0 saturated carbocycles. The predicted octanol–water partition coefficient (Wildman–Crippen LogP) is 5.27. The van der Waals surface area contributed by atoms with Gasteiger partial charge in [-0.15, -0.1) is 0 Å². The van der Waals surface area contributed by atoms with Gasteiger partial charge in [-0.3, -0.25) is 4.90 Å². The van der Waals surface area contributed by atoms with Crippen LogP contribution in [0, 0.1) is 5.82 Å². The van der Waals surface area contributed by atoms with Crippen molar-refractivity contribution < 1.29 is 13.9 Å². The van der Waals surface area contributed by atoms with E-state index in [1.54, 1.807) is 33.8 Å². The van der Waals surface area contributed by atoms with Crippen LogP contribution in [0.5, 0.6) is 0 Å². The first-order valence-corrected chi connectivity index (χ1v) is 8.34. The average Bonchev–Trinajstić information content (AvgIpc) is 2.84. The number of anilines is 1. The Morgan fingerprint density at radius 1 is 1.32 bits per heavy atom. The lowest BCUT2D eigenvalue weighted by Crippen LogP contribution is -2.37. The highest BCUT2D eigenvalue weighted by molar-refractivity contribution is 6.31. The summed E-state index contributed by atoms with van der Waals surface area (Å²) in [5.41, 5.74) is 0.943. The molecule has 0 aliphatic heterocycles. The van der Waals surface area contributed by atoms with Crippen LogP contribution in [0.3, 0.4) is 0 Å². The van der Waals surface area contributed by atoms with Gasteiger partial charge in [0.25, 0.3) is 0 Å². The molecule has 0 unspecified atom stereocenters. The minimum absolute atomic E-state index is 0.330. The van der Waals surface area contributed by atoms with E-state index < -0.39 is 17.5 Å². The van der Waals surface area contributed by atoms with Gasteiger partial charge in [-0.2, -0.15) is 0 Å². The van der Waals surface area contributed by atoms with Crippen LogP contribution < -0.4 is 4.90 Å². The van der Waals surface area contributed by atoms with E-state index in [0.29, 0.717) is 39.2 Å². The number of hydrogen-bond donors (Lipinski definition) is 1. The van der Waals surface area contributed by atoms with E-state index in [-0.39, 0.29) is 0 Å². The summed E-state index contributed by atoms with van der Waals surface area (Å²) in [5.74, 6) is -0.453. The van der Waals surface area contributed by atoms with E-state index >= 15 is 0 Å². The summed E-state index contributed by atoms with van der Waals surface area (Å²) < 4.78 is 19.7. The largest absolute Gasteiger partial charge is 0.443 e. The Morgan fingerprint density at radius 2 is 2.04 bits per heavy atom. The number of aromatic nitrogens is 2. The second-order valence-corrected chi connectivity index (χ2v) is 7.18. The van der Waals surface area contributed by atoms with Crippen LogP contribution in [0.25, 0.3) is 21.9 Å². The van der Waals surface area contributed by atoms with Crippen LogP contribution in [0.1, 0.15) is 27.7 Å². The summed E-state index contributed by atoms with van der Waals surface area (Å²) in [6.45, 7) is 7.49. The van der Waals surface area contributed by atoms with Gasteiger partial charge in [-0.1, -0.05) is 11.6 Å². The fraction of sp³-hybridized carbons (Fsp3) is 0.333. The van der Waals surface area contributed by atoms with Gasteiger partial charge in [0.05, 0.1) is 16.2 Å². The first-order chi connectivity index (χ1) is 11.7. The maximum absolute atomic E-state index is 14.3. The number of rotatable bonds is 2. The Bertz CT molecular complexity index is 962. The fourth-order valence-electron chi connectivity index (χ4n) is 2.73. The van der Waals surface area contributed by atoms with E-state index in [9.17, 15) is 9.18 Å². The number of fused-ring (bicyclic) bond motifs is 3. The normalized spacial score (nSPS) is 11.9. The second-order valence-electron chi connectivity index (χ2n) is 6.75. The molecule has 0 aliphatic rings. The summed E-state index contributed by atoms with van der Waals surface area (Å²) in [7, 11) is 0. The molecule has 2 aromatic heterocycles. The maximum atomic E-state index is 14.3. The predicted molar refractivity (Wildman–Crippen MR) is 97.8 cm³/mol. The number of nitrogens with zero attached hydrogens (tertiary/aromatic N) is 2. The molecule has 25 heavy (non-hydrogen) atoms. The first kappa shape index (κ1) is 17.5. The molecule has 132 valence electrons. The van der Waals surface area contributed by atoms with E-state index in [2.05, 4.69) is 9.97 Å². The Kier molecular flexibility index (Phi) is 4.33. The smallest absolute Gasteiger partial charge is 0.414 e. The first-order valence-electron chi connectivity index (χ1n) is 7.96. The van der Waals surface area contributed by atoms with Crippen LogP contribution >= 0.6 is 11.6 Å². The van der Waals surface area contributed by atoms with Crippen molar-refractivity contribution >= 4 is 45.3 Å². The molecule has 0 bridgehead atoms. The van der Waals surface area contributed by atoms with Crippen molar-refractivity contribution in [1.29, 1.82) is 0 Å². The SMILES string of the molecule is CCN(C(=O)OC(C)(C)C)c1cc(F)cc2c1[nH]c1ncc(Cl)cc12. The van der Waals surface area contributed by atoms with E-state index in [0.717, 1.165) is 0 Å². The van der Waals surface area contributed by atoms with Crippen LogP contribution in [0.4, 0.5) is 14.9 Å².